The van der Waals surface area contributed by atoms with Gasteiger partial charge < -0.3 is 10.6 Å². The topological polar surface area (TPSA) is 115 Å². The van der Waals surface area contributed by atoms with E-state index in [1.807, 2.05) is 0 Å². The molecule has 3 aromatic rings. The van der Waals surface area contributed by atoms with Crippen LogP contribution in [0, 0.1) is 23.2 Å². The van der Waals surface area contributed by atoms with Crippen molar-refractivity contribution in [2.75, 3.05) is 18.0 Å². The minimum absolute atomic E-state index is 0.0200. The van der Waals surface area contributed by atoms with Gasteiger partial charge >= 0.3 is 5.69 Å². The lowest BCUT2D eigenvalue weighted by Crippen LogP contribution is -2.44. The lowest BCUT2D eigenvalue weighted by Gasteiger charge is -2.31. The Morgan fingerprint density at radius 2 is 2.09 bits per heavy atom. The maximum absolute atomic E-state index is 13.6. The second kappa shape index (κ2) is 9.26. The molecule has 0 spiro atoms. The third kappa shape index (κ3) is 4.20. The first-order valence-electron chi connectivity index (χ1n) is 10.6. The van der Waals surface area contributed by atoms with Gasteiger partial charge in [-0.25, -0.2) is 4.79 Å². The molecule has 0 bridgehead atoms. The molecule has 10 heteroatoms. The fourth-order valence-corrected chi connectivity index (χ4v) is 4.56. The summed E-state index contributed by atoms with van der Waals surface area (Å²) in [5, 5.41) is 9.51. The highest BCUT2D eigenvalue weighted by Gasteiger charge is 2.26. The minimum atomic E-state index is -0.493. The number of halogens is 1. The first-order valence-corrected chi connectivity index (χ1v) is 11.4. The van der Waals surface area contributed by atoms with Crippen molar-refractivity contribution in [3.8, 4) is 17.9 Å². The van der Waals surface area contributed by atoms with Gasteiger partial charge in [0.2, 0.25) is 5.95 Å². The van der Waals surface area contributed by atoms with Gasteiger partial charge in [0, 0.05) is 30.7 Å². The van der Waals surface area contributed by atoms with Gasteiger partial charge in [0.25, 0.3) is 5.56 Å². The largest absolute Gasteiger partial charge is 0.341 e. The maximum atomic E-state index is 13.6. The van der Waals surface area contributed by atoms with Crippen molar-refractivity contribution in [3.05, 3.63) is 54.6 Å². The first kappa shape index (κ1) is 22.8. The van der Waals surface area contributed by atoms with E-state index in [4.69, 9.17) is 10.7 Å². The summed E-state index contributed by atoms with van der Waals surface area (Å²) in [4.78, 5) is 33.5. The number of hydrogen-bond donors (Lipinski definition) is 1. The molecule has 0 radical (unpaired) electrons. The summed E-state index contributed by atoms with van der Waals surface area (Å²) in [6.45, 7) is 3.37. The van der Waals surface area contributed by atoms with E-state index in [-0.39, 0.29) is 19.1 Å². The van der Waals surface area contributed by atoms with Crippen LogP contribution < -0.4 is 21.9 Å². The Labute approximate surface area is 199 Å². The van der Waals surface area contributed by atoms with Crippen LogP contribution in [0.5, 0.6) is 0 Å². The van der Waals surface area contributed by atoms with Crippen molar-refractivity contribution in [1.29, 1.82) is 5.26 Å². The zero-order chi connectivity index (χ0) is 23.7. The van der Waals surface area contributed by atoms with E-state index in [1.54, 1.807) is 36.7 Å². The van der Waals surface area contributed by atoms with Crippen LogP contribution in [0.3, 0.4) is 0 Å². The monoisotopic (exact) mass is 509 g/mol. The Kier molecular flexibility index (Phi) is 6.41. The van der Waals surface area contributed by atoms with Crippen LogP contribution in [-0.4, -0.2) is 37.8 Å². The van der Waals surface area contributed by atoms with Crippen molar-refractivity contribution < 1.29 is 0 Å². The number of aryl methyl sites for hydroxylation is 1. The standard InChI is InChI=1S/C23H24BrN7O2/c1-3-4-10-30-19-20(27-22(30)29-9-5-6-18(26)14-29)28(2)23(33)31(21(19)32)13-15-7-8-17(24)11-16(15)12-25/h7-8,11,18H,5-6,9-10,13-14,26H2,1-2H3. The number of hydrogen-bond acceptors (Lipinski definition) is 6. The van der Waals surface area contributed by atoms with Gasteiger partial charge in [0.05, 0.1) is 24.7 Å². The van der Waals surface area contributed by atoms with E-state index in [0.717, 1.165) is 28.4 Å². The Bertz CT molecular complexity index is 1450. The molecule has 1 aromatic carbocycles. The SMILES string of the molecule is CC#CCn1c(N2CCCC(N)C2)nc2c1c(=O)n(Cc1ccc(Br)cc1C#N)c(=O)n2C. The summed E-state index contributed by atoms with van der Waals surface area (Å²) in [6.07, 6.45) is 1.86. The number of nitriles is 1. The number of aromatic nitrogens is 4. The van der Waals surface area contributed by atoms with Crippen molar-refractivity contribution >= 4 is 33.0 Å². The third-order valence-electron chi connectivity index (χ3n) is 5.89. The highest BCUT2D eigenvalue weighted by molar-refractivity contribution is 9.10. The zero-order valence-corrected chi connectivity index (χ0v) is 20.1. The Hall–Kier alpha value is -3.34. The molecular weight excluding hydrogens is 486 g/mol. The molecule has 0 amide bonds. The molecule has 1 atom stereocenters. The van der Waals surface area contributed by atoms with E-state index in [2.05, 4.69) is 38.7 Å². The average molecular weight is 510 g/mol. The summed E-state index contributed by atoms with van der Waals surface area (Å²) in [5.41, 5.74) is 6.83. The third-order valence-corrected chi connectivity index (χ3v) is 6.38. The van der Waals surface area contributed by atoms with Gasteiger partial charge in [-0.1, -0.05) is 27.9 Å². The molecule has 3 heterocycles. The van der Waals surface area contributed by atoms with Crippen molar-refractivity contribution in [2.45, 2.75) is 38.9 Å². The van der Waals surface area contributed by atoms with Gasteiger partial charge in [-0.15, -0.1) is 5.92 Å². The predicted octanol–water partition coefficient (Wildman–Crippen LogP) is 1.53. The number of rotatable bonds is 4. The van der Waals surface area contributed by atoms with Crippen LogP contribution in [0.25, 0.3) is 11.2 Å². The summed E-state index contributed by atoms with van der Waals surface area (Å²) in [6, 6.07) is 7.33. The van der Waals surface area contributed by atoms with Gasteiger partial charge in [-0.05, 0) is 37.5 Å². The van der Waals surface area contributed by atoms with Crippen LogP contribution in [0.2, 0.25) is 0 Å². The van der Waals surface area contributed by atoms with Crippen molar-refractivity contribution in [2.24, 2.45) is 12.8 Å². The van der Waals surface area contributed by atoms with Crippen LogP contribution >= 0.6 is 15.9 Å². The molecule has 0 aliphatic carbocycles. The number of fused-ring (bicyclic) bond motifs is 1. The van der Waals surface area contributed by atoms with Gasteiger partial charge in [-0.2, -0.15) is 10.2 Å². The van der Waals surface area contributed by atoms with Crippen LogP contribution in [-0.2, 0) is 20.1 Å². The fraction of sp³-hybridized carbons (Fsp3) is 0.391. The Balaban J connectivity index is 1.94. The number of anilines is 1. The molecule has 33 heavy (non-hydrogen) atoms. The molecule has 4 rings (SSSR count). The summed E-state index contributed by atoms with van der Waals surface area (Å²) in [7, 11) is 1.60. The van der Waals surface area contributed by atoms with E-state index in [0.29, 0.717) is 34.8 Å². The second-order valence-corrected chi connectivity index (χ2v) is 9.01. The highest BCUT2D eigenvalue weighted by Crippen LogP contribution is 2.23. The van der Waals surface area contributed by atoms with E-state index in [1.165, 1.54) is 4.57 Å². The number of nitrogens with two attached hydrogens (primary N) is 1. The number of benzene rings is 1. The average Bonchev–Trinajstić information content (AvgIpc) is 3.19. The normalized spacial score (nSPS) is 15.8. The van der Waals surface area contributed by atoms with Crippen LogP contribution in [0.15, 0.2) is 32.3 Å². The second-order valence-electron chi connectivity index (χ2n) is 8.09. The quantitative estimate of drug-likeness (QED) is 0.533. The number of piperidine rings is 1. The molecule has 9 nitrogen and oxygen atoms in total. The van der Waals surface area contributed by atoms with E-state index in [9.17, 15) is 14.9 Å². The predicted molar refractivity (Wildman–Crippen MR) is 130 cm³/mol. The summed E-state index contributed by atoms with van der Waals surface area (Å²) < 4.78 is 5.05. The molecule has 1 aliphatic heterocycles. The Morgan fingerprint density at radius 1 is 1.30 bits per heavy atom. The number of nitrogens with zero attached hydrogens (tertiary/aromatic N) is 6. The maximum Gasteiger partial charge on any atom is 0.332 e. The van der Waals surface area contributed by atoms with Gasteiger partial charge in [0.15, 0.2) is 11.2 Å². The van der Waals surface area contributed by atoms with Crippen LogP contribution in [0.4, 0.5) is 5.95 Å². The lowest BCUT2D eigenvalue weighted by atomic mass is 10.1. The molecular formula is C23H24BrN7O2. The highest BCUT2D eigenvalue weighted by atomic mass is 79.9. The molecule has 2 N–H and O–H groups in total. The number of imidazole rings is 1. The zero-order valence-electron chi connectivity index (χ0n) is 18.5. The summed E-state index contributed by atoms with van der Waals surface area (Å²) in [5.74, 6) is 6.48. The van der Waals surface area contributed by atoms with Crippen LogP contribution in [0.1, 0.15) is 30.9 Å². The molecule has 1 aliphatic rings. The van der Waals surface area contributed by atoms with E-state index < -0.39 is 11.2 Å². The van der Waals surface area contributed by atoms with E-state index >= 15 is 0 Å². The summed E-state index contributed by atoms with van der Waals surface area (Å²) >= 11 is 3.35. The van der Waals surface area contributed by atoms with Gasteiger partial charge in [-0.3, -0.25) is 18.5 Å². The fourth-order valence-electron chi connectivity index (χ4n) is 4.20. The van der Waals surface area contributed by atoms with Crippen molar-refractivity contribution in [3.63, 3.8) is 0 Å². The smallest absolute Gasteiger partial charge is 0.332 e. The van der Waals surface area contributed by atoms with Crippen molar-refractivity contribution in [1.82, 2.24) is 18.7 Å². The molecule has 1 saturated heterocycles. The molecule has 2 aromatic heterocycles. The molecule has 1 unspecified atom stereocenters. The molecule has 1 fully saturated rings. The first-order chi connectivity index (χ1) is 15.8. The lowest BCUT2D eigenvalue weighted by molar-refractivity contribution is 0.496. The Morgan fingerprint density at radius 3 is 2.79 bits per heavy atom. The minimum Gasteiger partial charge on any atom is -0.341 e. The molecule has 170 valence electrons. The van der Waals surface area contributed by atoms with Gasteiger partial charge in [0.1, 0.15) is 0 Å². The molecule has 0 saturated carbocycles.